The first-order valence-corrected chi connectivity index (χ1v) is 15.7. The van der Waals surface area contributed by atoms with Gasteiger partial charge in [0.2, 0.25) is 0 Å². The highest BCUT2D eigenvalue weighted by Crippen LogP contribution is 2.50. The smallest absolute Gasteiger partial charge is 0.0159 e. The third kappa shape index (κ3) is 4.63. The number of benzene rings is 6. The Morgan fingerprint density at radius 1 is 0.465 bits per heavy atom. The van der Waals surface area contributed by atoms with Gasteiger partial charge in [-0.05, 0) is 121 Å². The minimum atomic E-state index is -0.0482. The van der Waals surface area contributed by atoms with Gasteiger partial charge in [-0.2, -0.15) is 0 Å². The first-order chi connectivity index (χ1) is 21.0. The van der Waals surface area contributed by atoms with Crippen LogP contribution in [-0.4, -0.2) is 0 Å². The monoisotopic (exact) mass is 552 g/mol. The van der Waals surface area contributed by atoms with Crippen LogP contribution in [0.25, 0.3) is 56.3 Å². The molecular formula is C43H36. The Kier molecular flexibility index (Phi) is 6.19. The second kappa shape index (κ2) is 10.2. The third-order valence-electron chi connectivity index (χ3n) is 9.84. The van der Waals surface area contributed by atoms with E-state index >= 15 is 0 Å². The molecule has 2 aliphatic carbocycles. The van der Waals surface area contributed by atoms with Crippen molar-refractivity contribution in [2.75, 3.05) is 0 Å². The molecule has 0 fully saturated rings. The minimum absolute atomic E-state index is 0.0482. The highest BCUT2D eigenvalue weighted by Gasteiger charge is 2.35. The van der Waals surface area contributed by atoms with Gasteiger partial charge < -0.3 is 0 Å². The number of hydrogen-bond acceptors (Lipinski definition) is 0. The Hall–Kier alpha value is -4.68. The van der Waals surface area contributed by atoms with Gasteiger partial charge in [0.15, 0.2) is 0 Å². The van der Waals surface area contributed by atoms with E-state index in [-0.39, 0.29) is 5.41 Å². The molecule has 0 heterocycles. The van der Waals surface area contributed by atoms with Crippen molar-refractivity contribution in [1.82, 2.24) is 0 Å². The van der Waals surface area contributed by atoms with Crippen molar-refractivity contribution in [2.24, 2.45) is 0 Å². The van der Waals surface area contributed by atoms with Crippen molar-refractivity contribution >= 4 is 22.9 Å². The molecule has 0 N–H and O–H groups in total. The summed E-state index contributed by atoms with van der Waals surface area (Å²) in [6.45, 7) is 4.78. The van der Waals surface area contributed by atoms with E-state index in [0.717, 1.165) is 0 Å². The Morgan fingerprint density at radius 3 is 1.77 bits per heavy atom. The fourth-order valence-electron chi connectivity index (χ4n) is 7.30. The van der Waals surface area contributed by atoms with Crippen LogP contribution >= 0.6 is 0 Å². The number of aryl methyl sites for hydroxylation is 2. The van der Waals surface area contributed by atoms with Gasteiger partial charge in [0.05, 0.1) is 0 Å². The van der Waals surface area contributed by atoms with Crippen LogP contribution < -0.4 is 0 Å². The van der Waals surface area contributed by atoms with Crippen LogP contribution in [-0.2, 0) is 18.3 Å². The zero-order valence-corrected chi connectivity index (χ0v) is 25.0. The van der Waals surface area contributed by atoms with Crippen LogP contribution in [0.4, 0.5) is 0 Å². The normalized spacial score (nSPS) is 14.9. The van der Waals surface area contributed by atoms with Gasteiger partial charge in [-0.1, -0.05) is 129 Å². The third-order valence-corrected chi connectivity index (χ3v) is 9.84. The second-order valence-corrected chi connectivity index (χ2v) is 12.9. The maximum Gasteiger partial charge on any atom is 0.0159 e. The van der Waals surface area contributed by atoms with Gasteiger partial charge in [-0.3, -0.25) is 0 Å². The fraction of sp³-hybridized carbons (Fsp3) is 0.163. The van der Waals surface area contributed by atoms with E-state index in [0.29, 0.717) is 0 Å². The molecule has 0 aromatic heterocycles. The average Bonchev–Trinajstić information content (AvgIpc) is 3.29. The zero-order valence-electron chi connectivity index (χ0n) is 25.0. The molecule has 0 radical (unpaired) electrons. The van der Waals surface area contributed by atoms with E-state index < -0.39 is 0 Å². The standard InChI is InChI=1S/C43H36/c1-43(2)41-27-37(33-16-13-29(14-17-33)11-12-30-15-18-31-7-3-5-9-34(31)25-30)21-23-39(41)40-24-22-38(28-42(40)43)36-20-19-32-8-4-6-10-35(32)26-36/h3,5,7,9,11-28H,4,6,8,10H2,1-2H3/b12-11+. The molecule has 43 heavy (non-hydrogen) atoms. The minimum Gasteiger partial charge on any atom is -0.0616 e. The Labute approximate surface area is 255 Å². The zero-order chi connectivity index (χ0) is 29.0. The Bertz CT molecular complexity index is 2030. The summed E-state index contributed by atoms with van der Waals surface area (Å²) in [6, 6.07) is 45.5. The molecule has 0 heteroatoms. The molecule has 0 nitrogen and oxygen atoms in total. The topological polar surface area (TPSA) is 0 Å². The highest BCUT2D eigenvalue weighted by atomic mass is 14.4. The Morgan fingerprint density at radius 2 is 1.02 bits per heavy atom. The van der Waals surface area contributed by atoms with E-state index in [1.165, 1.54) is 92.1 Å². The van der Waals surface area contributed by atoms with Gasteiger partial charge >= 0.3 is 0 Å². The van der Waals surface area contributed by atoms with E-state index in [1.54, 1.807) is 11.1 Å². The van der Waals surface area contributed by atoms with Crippen LogP contribution in [0.5, 0.6) is 0 Å². The molecule has 0 saturated carbocycles. The molecular weight excluding hydrogens is 516 g/mol. The predicted octanol–water partition coefficient (Wildman–Crippen LogP) is 11.5. The summed E-state index contributed by atoms with van der Waals surface area (Å²) in [5.74, 6) is 0. The fourth-order valence-corrected chi connectivity index (χ4v) is 7.30. The van der Waals surface area contributed by atoms with Crippen molar-refractivity contribution in [3.63, 3.8) is 0 Å². The molecule has 208 valence electrons. The summed E-state index contributed by atoms with van der Waals surface area (Å²) in [7, 11) is 0. The summed E-state index contributed by atoms with van der Waals surface area (Å²) in [5, 5.41) is 2.55. The quantitative estimate of drug-likeness (QED) is 0.191. The summed E-state index contributed by atoms with van der Waals surface area (Å²) < 4.78 is 0. The number of hydrogen-bond donors (Lipinski definition) is 0. The van der Waals surface area contributed by atoms with Crippen LogP contribution in [0, 0.1) is 0 Å². The molecule has 0 atom stereocenters. The van der Waals surface area contributed by atoms with Crippen molar-refractivity contribution < 1.29 is 0 Å². The second-order valence-electron chi connectivity index (χ2n) is 12.9. The molecule has 0 spiro atoms. The van der Waals surface area contributed by atoms with Gasteiger partial charge in [0.1, 0.15) is 0 Å². The number of rotatable bonds is 4. The summed E-state index contributed by atoms with van der Waals surface area (Å²) in [5.41, 5.74) is 16.3. The van der Waals surface area contributed by atoms with E-state index in [9.17, 15) is 0 Å². The molecule has 6 aromatic carbocycles. The van der Waals surface area contributed by atoms with Crippen LogP contribution in [0.2, 0.25) is 0 Å². The van der Waals surface area contributed by atoms with E-state index in [2.05, 4.69) is 147 Å². The lowest BCUT2D eigenvalue weighted by atomic mass is 9.80. The maximum absolute atomic E-state index is 2.45. The lowest BCUT2D eigenvalue weighted by Crippen LogP contribution is -2.15. The number of fused-ring (bicyclic) bond motifs is 5. The molecule has 0 unspecified atom stereocenters. The lowest BCUT2D eigenvalue weighted by Gasteiger charge is -2.23. The summed E-state index contributed by atoms with van der Waals surface area (Å²) >= 11 is 0. The predicted molar refractivity (Wildman–Crippen MR) is 184 cm³/mol. The lowest BCUT2D eigenvalue weighted by molar-refractivity contribution is 0.661. The van der Waals surface area contributed by atoms with Crippen molar-refractivity contribution in [2.45, 2.75) is 44.9 Å². The molecule has 2 aliphatic rings. The molecule has 0 saturated heterocycles. The largest absolute Gasteiger partial charge is 0.0616 e. The molecule has 0 aliphatic heterocycles. The first-order valence-electron chi connectivity index (χ1n) is 15.7. The average molecular weight is 553 g/mol. The van der Waals surface area contributed by atoms with Gasteiger partial charge in [0.25, 0.3) is 0 Å². The molecule has 6 aromatic rings. The molecule has 8 rings (SSSR count). The summed E-state index contributed by atoms with van der Waals surface area (Å²) in [4.78, 5) is 0. The van der Waals surface area contributed by atoms with Crippen molar-refractivity contribution in [1.29, 1.82) is 0 Å². The van der Waals surface area contributed by atoms with E-state index in [1.807, 2.05) is 0 Å². The van der Waals surface area contributed by atoms with E-state index in [4.69, 9.17) is 0 Å². The SMILES string of the molecule is CC1(C)c2cc(-c3ccc(/C=C/c4ccc5ccccc5c4)cc3)ccc2-c2ccc(-c3ccc4c(c3)CCCC4)cc21. The van der Waals surface area contributed by atoms with Crippen molar-refractivity contribution in [3.05, 3.63) is 155 Å². The maximum atomic E-state index is 2.45. The summed E-state index contributed by atoms with van der Waals surface area (Å²) in [6.07, 6.45) is 9.50. The first kappa shape index (κ1) is 26.0. The molecule has 0 amide bonds. The van der Waals surface area contributed by atoms with Crippen LogP contribution in [0.15, 0.2) is 121 Å². The van der Waals surface area contributed by atoms with Gasteiger partial charge in [0, 0.05) is 5.41 Å². The molecule has 0 bridgehead atoms. The van der Waals surface area contributed by atoms with Crippen molar-refractivity contribution in [3.8, 4) is 33.4 Å². The van der Waals surface area contributed by atoms with Gasteiger partial charge in [-0.15, -0.1) is 0 Å². The van der Waals surface area contributed by atoms with Crippen LogP contribution in [0.3, 0.4) is 0 Å². The van der Waals surface area contributed by atoms with Gasteiger partial charge in [-0.25, -0.2) is 0 Å². The highest BCUT2D eigenvalue weighted by molar-refractivity contribution is 5.87. The van der Waals surface area contributed by atoms with Crippen LogP contribution in [0.1, 0.15) is 60.1 Å². The Balaban J connectivity index is 1.06.